The summed E-state index contributed by atoms with van der Waals surface area (Å²) in [6.07, 6.45) is 0.0858. The molecule has 0 bridgehead atoms. The van der Waals surface area contributed by atoms with Crippen molar-refractivity contribution in [3.8, 4) is 0 Å². The highest BCUT2D eigenvalue weighted by molar-refractivity contribution is 6.36. The molecule has 0 radical (unpaired) electrons. The number of ether oxygens (including phenoxy) is 1. The number of anilines is 1. The fourth-order valence-corrected chi connectivity index (χ4v) is 2.90. The number of nitrogens with one attached hydrogen (secondary N) is 1. The van der Waals surface area contributed by atoms with Crippen molar-refractivity contribution in [1.29, 1.82) is 0 Å². The van der Waals surface area contributed by atoms with E-state index in [0.717, 1.165) is 0 Å². The van der Waals surface area contributed by atoms with Gasteiger partial charge in [-0.15, -0.1) is 0 Å². The van der Waals surface area contributed by atoms with Crippen molar-refractivity contribution < 1.29 is 19.4 Å². The minimum atomic E-state index is -1.04. The van der Waals surface area contributed by atoms with Crippen molar-refractivity contribution >= 4 is 40.8 Å². The fraction of sp³-hybridized carbons (Fsp3) is 0.385. The number of halogens is 2. The van der Waals surface area contributed by atoms with Gasteiger partial charge in [0.15, 0.2) is 0 Å². The zero-order chi connectivity index (χ0) is 14.9. The van der Waals surface area contributed by atoms with Gasteiger partial charge in [0.2, 0.25) is 0 Å². The number of hydrogen-bond acceptors (Lipinski definition) is 4. The topological polar surface area (TPSA) is 75.6 Å². The van der Waals surface area contributed by atoms with E-state index in [-0.39, 0.29) is 13.0 Å². The van der Waals surface area contributed by atoms with E-state index in [9.17, 15) is 9.59 Å². The van der Waals surface area contributed by atoms with Crippen LogP contribution >= 0.6 is 23.2 Å². The Balaban J connectivity index is 2.47. The quantitative estimate of drug-likeness (QED) is 0.838. The molecule has 0 spiro atoms. The summed E-state index contributed by atoms with van der Waals surface area (Å²) in [6.45, 7) is 1.92. The molecule has 0 fully saturated rings. The first kappa shape index (κ1) is 14.9. The fourth-order valence-electron chi connectivity index (χ4n) is 2.28. The molecule has 5 nitrogen and oxygen atoms in total. The molecule has 1 aromatic carbocycles. The van der Waals surface area contributed by atoms with Crippen molar-refractivity contribution in [3.63, 3.8) is 0 Å². The van der Waals surface area contributed by atoms with Crippen LogP contribution in [0.4, 0.5) is 5.69 Å². The summed E-state index contributed by atoms with van der Waals surface area (Å²) in [4.78, 5) is 23.2. The van der Waals surface area contributed by atoms with Crippen LogP contribution in [-0.2, 0) is 14.3 Å². The van der Waals surface area contributed by atoms with Crippen molar-refractivity contribution in [2.75, 3.05) is 11.9 Å². The largest absolute Gasteiger partial charge is 0.480 e. The third-order valence-corrected chi connectivity index (χ3v) is 3.64. The Morgan fingerprint density at radius 1 is 1.45 bits per heavy atom. The number of benzene rings is 1. The van der Waals surface area contributed by atoms with Crippen molar-refractivity contribution in [2.24, 2.45) is 0 Å². The summed E-state index contributed by atoms with van der Waals surface area (Å²) in [5.41, 5.74) is 0.992. The molecule has 1 aliphatic heterocycles. The van der Waals surface area contributed by atoms with Gasteiger partial charge in [-0.1, -0.05) is 23.2 Å². The second-order valence-corrected chi connectivity index (χ2v) is 5.27. The van der Waals surface area contributed by atoms with Gasteiger partial charge in [-0.3, -0.25) is 4.79 Å². The number of esters is 1. The molecule has 0 unspecified atom stereocenters. The molecule has 1 aliphatic rings. The molecule has 0 amide bonds. The second kappa shape index (κ2) is 5.89. The Labute approximate surface area is 125 Å². The number of carboxylic acid groups (broad SMARTS) is 1. The third-order valence-electron chi connectivity index (χ3n) is 3.11. The Kier molecular flexibility index (Phi) is 4.40. The zero-order valence-corrected chi connectivity index (χ0v) is 12.2. The van der Waals surface area contributed by atoms with Crippen molar-refractivity contribution in [1.82, 2.24) is 0 Å². The summed E-state index contributed by atoms with van der Waals surface area (Å²) in [7, 11) is 0. The lowest BCUT2D eigenvalue weighted by molar-refractivity contribution is -0.145. The molecule has 20 heavy (non-hydrogen) atoms. The maximum atomic E-state index is 12.0. The second-order valence-electron chi connectivity index (χ2n) is 4.42. The van der Waals surface area contributed by atoms with E-state index in [0.29, 0.717) is 21.3 Å². The minimum Gasteiger partial charge on any atom is -0.480 e. The molecule has 2 rings (SSSR count). The number of carbonyl (C=O) groups excluding carboxylic acids is 1. The van der Waals surface area contributed by atoms with Crippen LogP contribution in [0.5, 0.6) is 0 Å². The number of carbonyl (C=O) groups is 2. The van der Waals surface area contributed by atoms with E-state index in [2.05, 4.69) is 5.32 Å². The molecular weight excluding hydrogens is 305 g/mol. The molecule has 7 heteroatoms. The number of rotatable bonds is 3. The van der Waals surface area contributed by atoms with Gasteiger partial charge < -0.3 is 15.2 Å². The summed E-state index contributed by atoms with van der Waals surface area (Å²) in [5.74, 6) is -2.23. The van der Waals surface area contributed by atoms with Crippen LogP contribution < -0.4 is 5.32 Å². The molecule has 0 saturated heterocycles. The highest BCUT2D eigenvalue weighted by Gasteiger charge is 2.37. The lowest BCUT2D eigenvalue weighted by Gasteiger charge is -2.30. The van der Waals surface area contributed by atoms with E-state index in [1.54, 1.807) is 13.0 Å². The van der Waals surface area contributed by atoms with Gasteiger partial charge in [-0.05, 0) is 25.5 Å². The molecule has 2 N–H and O–H groups in total. The van der Waals surface area contributed by atoms with Crippen LogP contribution in [0.2, 0.25) is 10.0 Å². The first-order valence-electron chi connectivity index (χ1n) is 6.09. The number of hydrogen-bond donors (Lipinski definition) is 2. The van der Waals surface area contributed by atoms with Gasteiger partial charge in [-0.25, -0.2) is 4.79 Å². The van der Waals surface area contributed by atoms with Crippen molar-refractivity contribution in [3.05, 3.63) is 27.7 Å². The standard InChI is InChI=1S/C13H13Cl2NO4/c1-2-20-13(19)7-5-10(12(17)18)16-9-4-6(14)3-8(15)11(7)9/h3-4,7,10,16H,2,5H2,1H3,(H,17,18)/t7-,10-/m0/s1. The normalized spacial score (nSPS) is 20.8. The average molecular weight is 318 g/mol. The van der Waals surface area contributed by atoms with Gasteiger partial charge in [0.1, 0.15) is 6.04 Å². The Morgan fingerprint density at radius 3 is 2.75 bits per heavy atom. The maximum absolute atomic E-state index is 12.0. The molecule has 0 aliphatic carbocycles. The molecule has 2 atom stereocenters. The first-order valence-corrected chi connectivity index (χ1v) is 6.84. The van der Waals surface area contributed by atoms with E-state index in [4.69, 9.17) is 33.0 Å². The van der Waals surface area contributed by atoms with E-state index in [1.165, 1.54) is 6.07 Å². The summed E-state index contributed by atoms with van der Waals surface area (Å²) >= 11 is 12.0. The first-order chi connectivity index (χ1) is 9.43. The van der Waals surface area contributed by atoms with Crippen LogP contribution in [0.25, 0.3) is 0 Å². The Bertz CT molecular complexity index is 562. The van der Waals surface area contributed by atoms with E-state index < -0.39 is 23.9 Å². The minimum absolute atomic E-state index is 0.0858. The highest BCUT2D eigenvalue weighted by Crippen LogP contribution is 2.41. The summed E-state index contributed by atoms with van der Waals surface area (Å²) in [5, 5.41) is 12.7. The lowest BCUT2D eigenvalue weighted by Crippen LogP contribution is -2.37. The van der Waals surface area contributed by atoms with Gasteiger partial charge in [0.05, 0.1) is 12.5 Å². The van der Waals surface area contributed by atoms with Crippen LogP contribution in [0, 0.1) is 0 Å². The van der Waals surface area contributed by atoms with E-state index in [1.807, 2.05) is 0 Å². The van der Waals surface area contributed by atoms with Gasteiger partial charge >= 0.3 is 11.9 Å². The monoisotopic (exact) mass is 317 g/mol. The molecule has 1 heterocycles. The van der Waals surface area contributed by atoms with Gasteiger partial charge in [0, 0.05) is 21.3 Å². The summed E-state index contributed by atoms with van der Waals surface area (Å²) < 4.78 is 5.00. The molecule has 0 saturated carbocycles. The highest BCUT2D eigenvalue weighted by atomic mass is 35.5. The van der Waals surface area contributed by atoms with Gasteiger partial charge in [-0.2, -0.15) is 0 Å². The maximum Gasteiger partial charge on any atom is 0.326 e. The predicted molar refractivity (Wildman–Crippen MR) is 75.5 cm³/mol. The van der Waals surface area contributed by atoms with Gasteiger partial charge in [0.25, 0.3) is 0 Å². The summed E-state index contributed by atoms with van der Waals surface area (Å²) in [6, 6.07) is 2.20. The van der Waals surface area contributed by atoms with E-state index >= 15 is 0 Å². The average Bonchev–Trinajstić information content (AvgIpc) is 2.36. The number of carboxylic acids is 1. The number of fused-ring (bicyclic) bond motifs is 1. The predicted octanol–water partition coefficient (Wildman–Crippen LogP) is 2.91. The zero-order valence-electron chi connectivity index (χ0n) is 10.7. The van der Waals surface area contributed by atoms with Crippen LogP contribution in [0.15, 0.2) is 12.1 Å². The van der Waals surface area contributed by atoms with Crippen molar-refractivity contribution in [2.45, 2.75) is 25.3 Å². The SMILES string of the molecule is CCOC(=O)[C@H]1C[C@@H](C(=O)O)Nc2cc(Cl)cc(Cl)c21. The lowest BCUT2D eigenvalue weighted by atomic mass is 9.87. The third kappa shape index (κ3) is 2.83. The Morgan fingerprint density at radius 2 is 2.15 bits per heavy atom. The van der Waals surface area contributed by atoms with Crippen LogP contribution in [0.1, 0.15) is 24.8 Å². The number of aliphatic carboxylic acids is 1. The molecule has 1 aromatic rings. The Hall–Kier alpha value is -1.46. The van der Waals surface area contributed by atoms with Crippen LogP contribution in [0.3, 0.4) is 0 Å². The molecular formula is C13H13Cl2NO4. The molecule has 0 aromatic heterocycles. The van der Waals surface area contributed by atoms with Crippen LogP contribution in [-0.4, -0.2) is 29.7 Å². The molecule has 108 valence electrons. The smallest absolute Gasteiger partial charge is 0.326 e.